The van der Waals surface area contributed by atoms with Crippen molar-refractivity contribution in [2.45, 2.75) is 25.6 Å². The monoisotopic (exact) mass is 425 g/mol. The van der Waals surface area contributed by atoms with Gasteiger partial charge in [0.2, 0.25) is 0 Å². The third-order valence-electron chi connectivity index (χ3n) is 3.82. The number of amides is 1. The third-order valence-corrected chi connectivity index (χ3v) is 5.54. The molecule has 144 valence electrons. The topological polar surface area (TPSA) is 99.2 Å². The molecule has 0 saturated heterocycles. The van der Waals surface area contributed by atoms with Gasteiger partial charge in [-0.05, 0) is 32.0 Å². The van der Waals surface area contributed by atoms with E-state index in [-0.39, 0.29) is 11.6 Å². The predicted molar refractivity (Wildman–Crippen MR) is 93.7 cm³/mol. The van der Waals surface area contributed by atoms with Gasteiger partial charge in [0.15, 0.2) is 0 Å². The molecule has 1 atom stereocenters. The van der Waals surface area contributed by atoms with E-state index >= 15 is 0 Å². The molecule has 0 saturated carbocycles. The molecular weight excluding hydrogens is 409 g/mol. The Balaban J connectivity index is 2.27. The van der Waals surface area contributed by atoms with Crippen LogP contribution in [-0.2, 0) is 30.0 Å². The molecule has 1 heterocycles. The van der Waals surface area contributed by atoms with E-state index in [1.165, 1.54) is 18.2 Å². The second kappa shape index (κ2) is 7.50. The summed E-state index contributed by atoms with van der Waals surface area (Å²) < 4.78 is 40.4. The summed E-state index contributed by atoms with van der Waals surface area (Å²) in [4.78, 5) is 22.9. The normalized spacial score (nSPS) is 17.8. The SMILES string of the molecule is CN(C(=O)CCl)S(=O)(=O)Oc1ccc2c(c1)C(C)(C)C(OC(=O)CCl)O2. The van der Waals surface area contributed by atoms with Crippen LogP contribution in [0.25, 0.3) is 0 Å². The molecule has 1 amide bonds. The van der Waals surface area contributed by atoms with Crippen LogP contribution in [0, 0.1) is 0 Å². The van der Waals surface area contributed by atoms with Crippen LogP contribution >= 0.6 is 23.2 Å². The molecule has 0 spiro atoms. The van der Waals surface area contributed by atoms with Gasteiger partial charge in [-0.15, -0.1) is 23.2 Å². The fraction of sp³-hybridized carbons (Fsp3) is 0.467. The lowest BCUT2D eigenvalue weighted by atomic mass is 9.85. The van der Waals surface area contributed by atoms with Crippen LogP contribution in [0.15, 0.2) is 18.2 Å². The largest absolute Gasteiger partial charge is 0.454 e. The number of ether oxygens (including phenoxy) is 2. The number of alkyl halides is 2. The Labute approximate surface area is 161 Å². The van der Waals surface area contributed by atoms with Gasteiger partial charge in [0.05, 0.1) is 5.41 Å². The van der Waals surface area contributed by atoms with Gasteiger partial charge in [-0.25, -0.2) is 4.31 Å². The van der Waals surface area contributed by atoms with E-state index in [9.17, 15) is 18.0 Å². The molecule has 0 fully saturated rings. The molecule has 0 radical (unpaired) electrons. The molecule has 1 aliphatic rings. The average Bonchev–Trinajstić information content (AvgIpc) is 2.83. The van der Waals surface area contributed by atoms with Crippen LogP contribution in [0.2, 0.25) is 0 Å². The van der Waals surface area contributed by atoms with Gasteiger partial charge in [0.25, 0.3) is 12.2 Å². The molecule has 0 aliphatic carbocycles. The number of rotatable bonds is 6. The highest BCUT2D eigenvalue weighted by atomic mass is 35.5. The number of halogens is 2. The summed E-state index contributed by atoms with van der Waals surface area (Å²) in [5.41, 5.74) is -0.207. The summed E-state index contributed by atoms with van der Waals surface area (Å²) in [6.45, 7) is 3.51. The molecule has 1 aromatic carbocycles. The lowest BCUT2D eigenvalue weighted by molar-refractivity contribution is -0.165. The first-order valence-corrected chi connectivity index (χ1v) is 9.80. The zero-order valence-electron chi connectivity index (χ0n) is 14.2. The highest BCUT2D eigenvalue weighted by molar-refractivity contribution is 7.85. The van der Waals surface area contributed by atoms with Crippen LogP contribution in [-0.4, -0.2) is 49.7 Å². The van der Waals surface area contributed by atoms with Crippen molar-refractivity contribution in [1.29, 1.82) is 0 Å². The van der Waals surface area contributed by atoms with Gasteiger partial charge < -0.3 is 13.7 Å². The molecular formula is C15H17Cl2NO7S. The Morgan fingerprint density at radius 1 is 1.27 bits per heavy atom. The molecule has 0 N–H and O–H groups in total. The molecule has 26 heavy (non-hydrogen) atoms. The van der Waals surface area contributed by atoms with Crippen LogP contribution in [0.5, 0.6) is 11.5 Å². The molecule has 0 aromatic heterocycles. The van der Waals surface area contributed by atoms with E-state index in [1.54, 1.807) is 13.8 Å². The van der Waals surface area contributed by atoms with Crippen molar-refractivity contribution in [2.24, 2.45) is 0 Å². The highest BCUT2D eigenvalue weighted by Crippen LogP contribution is 2.45. The smallest absolute Gasteiger partial charge is 0.411 e. The molecule has 0 bridgehead atoms. The van der Waals surface area contributed by atoms with E-state index in [1.807, 2.05) is 0 Å². The molecule has 1 aromatic rings. The first kappa shape index (κ1) is 20.6. The molecule has 1 unspecified atom stereocenters. The van der Waals surface area contributed by atoms with E-state index in [4.69, 9.17) is 36.9 Å². The highest BCUT2D eigenvalue weighted by Gasteiger charge is 2.44. The second-order valence-corrected chi connectivity index (χ2v) is 8.09. The lowest BCUT2D eigenvalue weighted by Gasteiger charge is -2.25. The van der Waals surface area contributed by atoms with Crippen LogP contribution in [0.3, 0.4) is 0 Å². The number of fused-ring (bicyclic) bond motifs is 1. The average molecular weight is 426 g/mol. The number of esters is 1. The standard InChI is InChI=1S/C15H17Cl2NO7S/c1-15(2)10-6-9(25-26(21,22)18(3)12(19)7-16)4-5-11(10)23-14(15)24-13(20)8-17/h4-6,14H,7-8H2,1-3H3. The minimum absolute atomic E-state index is 0.0287. The number of benzene rings is 1. The number of hydrogen-bond acceptors (Lipinski definition) is 7. The summed E-state index contributed by atoms with van der Waals surface area (Å²) >= 11 is 10.8. The summed E-state index contributed by atoms with van der Waals surface area (Å²) in [5, 5.41) is 0. The lowest BCUT2D eigenvalue weighted by Crippen LogP contribution is -2.37. The van der Waals surface area contributed by atoms with Gasteiger partial charge in [-0.1, -0.05) is 0 Å². The maximum Gasteiger partial charge on any atom is 0.411 e. The van der Waals surface area contributed by atoms with Crippen molar-refractivity contribution < 1.29 is 31.7 Å². The summed E-state index contributed by atoms with van der Waals surface area (Å²) in [7, 11) is -3.32. The van der Waals surface area contributed by atoms with Crippen LogP contribution < -0.4 is 8.92 Å². The quantitative estimate of drug-likeness (QED) is 0.505. The fourth-order valence-electron chi connectivity index (χ4n) is 2.27. The minimum atomic E-state index is -4.36. The van der Waals surface area contributed by atoms with E-state index in [2.05, 4.69) is 0 Å². The summed E-state index contributed by atoms with van der Waals surface area (Å²) in [5.74, 6) is -1.91. The van der Waals surface area contributed by atoms with Gasteiger partial charge >= 0.3 is 16.3 Å². The van der Waals surface area contributed by atoms with Crippen molar-refractivity contribution in [3.05, 3.63) is 23.8 Å². The second-order valence-electron chi connectivity index (χ2n) is 5.99. The first-order valence-electron chi connectivity index (χ1n) is 7.36. The van der Waals surface area contributed by atoms with Crippen molar-refractivity contribution in [3.8, 4) is 11.5 Å². The van der Waals surface area contributed by atoms with Crippen molar-refractivity contribution in [2.75, 3.05) is 18.8 Å². The maximum absolute atomic E-state index is 12.1. The van der Waals surface area contributed by atoms with Gasteiger partial charge in [0, 0.05) is 12.6 Å². The number of hydrogen-bond donors (Lipinski definition) is 0. The molecule has 11 heteroatoms. The Morgan fingerprint density at radius 3 is 2.50 bits per heavy atom. The summed E-state index contributed by atoms with van der Waals surface area (Å²) in [6.07, 6.45) is -0.920. The Bertz CT molecular complexity index is 825. The first-order chi connectivity index (χ1) is 12.0. The molecule has 2 rings (SSSR count). The zero-order valence-corrected chi connectivity index (χ0v) is 16.5. The maximum atomic E-state index is 12.1. The van der Waals surface area contributed by atoms with Gasteiger partial charge in [-0.2, -0.15) is 8.42 Å². The van der Waals surface area contributed by atoms with Crippen LogP contribution in [0.1, 0.15) is 19.4 Å². The van der Waals surface area contributed by atoms with Gasteiger partial charge in [-0.3, -0.25) is 9.59 Å². The van der Waals surface area contributed by atoms with Gasteiger partial charge in [0.1, 0.15) is 23.3 Å². The third kappa shape index (κ3) is 3.99. The fourth-order valence-corrected chi connectivity index (χ4v) is 3.35. The Hall–Kier alpha value is -1.71. The molecule has 1 aliphatic heterocycles. The summed E-state index contributed by atoms with van der Waals surface area (Å²) in [6, 6.07) is 4.29. The number of nitrogens with zero attached hydrogens (tertiary/aromatic N) is 1. The number of carbonyl (C=O) groups is 2. The van der Waals surface area contributed by atoms with E-state index in [0.717, 1.165) is 7.05 Å². The molecule has 8 nitrogen and oxygen atoms in total. The van der Waals surface area contributed by atoms with E-state index < -0.39 is 39.8 Å². The van der Waals surface area contributed by atoms with Crippen LogP contribution in [0.4, 0.5) is 0 Å². The van der Waals surface area contributed by atoms with Crippen molar-refractivity contribution in [1.82, 2.24) is 4.31 Å². The Kier molecular flexibility index (Phi) is 5.94. The van der Waals surface area contributed by atoms with Crippen molar-refractivity contribution >= 4 is 45.4 Å². The van der Waals surface area contributed by atoms with E-state index in [0.29, 0.717) is 15.6 Å². The number of carbonyl (C=O) groups excluding carboxylic acids is 2. The Morgan fingerprint density at radius 2 is 1.92 bits per heavy atom. The zero-order chi connectivity index (χ0) is 19.7. The van der Waals surface area contributed by atoms with Crippen molar-refractivity contribution in [3.63, 3.8) is 0 Å². The predicted octanol–water partition coefficient (Wildman–Crippen LogP) is 1.79. The minimum Gasteiger partial charge on any atom is -0.454 e.